The fourth-order valence-corrected chi connectivity index (χ4v) is 2.33. The maximum atomic E-state index is 9.83. The summed E-state index contributed by atoms with van der Waals surface area (Å²) in [6.07, 6.45) is 1.62. The van der Waals surface area contributed by atoms with Gasteiger partial charge < -0.3 is 25.6 Å². The number of aliphatic hydroxyl groups excluding tert-OH is 1. The number of aliphatic hydroxyl groups is 1. The molecule has 0 amide bonds. The number of phenolic OH excluding ortho intramolecular Hbond substituents is 1. The van der Waals surface area contributed by atoms with E-state index in [0.29, 0.717) is 27.7 Å². The van der Waals surface area contributed by atoms with Gasteiger partial charge in [-0.05, 0) is 34.0 Å². The van der Waals surface area contributed by atoms with Crippen LogP contribution in [0, 0.1) is 5.92 Å². The molecule has 2 rings (SSSR count). The summed E-state index contributed by atoms with van der Waals surface area (Å²) in [5.41, 5.74) is 0.629. The fraction of sp³-hybridized carbons (Fsp3) is 0.375. The van der Waals surface area contributed by atoms with Crippen molar-refractivity contribution >= 4 is 33.4 Å². The van der Waals surface area contributed by atoms with Gasteiger partial charge in [-0.3, -0.25) is 0 Å². The number of nitrogens with zero attached hydrogens (tertiary/aromatic N) is 2. The summed E-state index contributed by atoms with van der Waals surface area (Å²) in [6.45, 7) is 4.04. The summed E-state index contributed by atoms with van der Waals surface area (Å²) < 4.78 is 5.71. The molecule has 4 N–H and O–H groups in total. The second kappa shape index (κ2) is 8.16. The molecule has 8 heteroatoms. The second-order valence-electron chi connectivity index (χ2n) is 5.58. The van der Waals surface area contributed by atoms with Crippen molar-refractivity contribution in [2.75, 3.05) is 24.4 Å². The molecule has 0 saturated heterocycles. The third kappa shape index (κ3) is 4.48. The van der Waals surface area contributed by atoms with Crippen molar-refractivity contribution in [3.8, 4) is 11.5 Å². The molecule has 0 spiro atoms. The highest BCUT2D eigenvalue weighted by molar-refractivity contribution is 9.10. The van der Waals surface area contributed by atoms with Crippen molar-refractivity contribution in [2.45, 2.75) is 19.9 Å². The number of hydrogen-bond acceptors (Lipinski definition) is 7. The van der Waals surface area contributed by atoms with Gasteiger partial charge in [-0.2, -0.15) is 4.98 Å². The normalized spacial score (nSPS) is 12.1. The number of halogens is 1. The van der Waals surface area contributed by atoms with Gasteiger partial charge in [0.1, 0.15) is 5.82 Å². The summed E-state index contributed by atoms with van der Waals surface area (Å²) in [5.74, 6) is 1.61. The van der Waals surface area contributed by atoms with Gasteiger partial charge in [-0.1, -0.05) is 13.8 Å². The third-order valence-corrected chi connectivity index (χ3v) is 4.08. The van der Waals surface area contributed by atoms with Crippen LogP contribution in [-0.4, -0.2) is 39.9 Å². The van der Waals surface area contributed by atoms with Crippen LogP contribution in [0.2, 0.25) is 0 Å². The minimum absolute atomic E-state index is 0.00320. The van der Waals surface area contributed by atoms with Crippen LogP contribution in [-0.2, 0) is 0 Å². The molecule has 0 bridgehead atoms. The van der Waals surface area contributed by atoms with E-state index in [1.807, 2.05) is 13.8 Å². The predicted molar refractivity (Wildman–Crippen MR) is 97.0 cm³/mol. The number of hydrogen-bond donors (Lipinski definition) is 4. The second-order valence-corrected chi connectivity index (χ2v) is 6.43. The molecule has 130 valence electrons. The van der Waals surface area contributed by atoms with Crippen LogP contribution in [0.4, 0.5) is 17.5 Å². The number of phenols is 1. The van der Waals surface area contributed by atoms with Crippen LogP contribution in [0.5, 0.6) is 11.5 Å². The Labute approximate surface area is 149 Å². The first kappa shape index (κ1) is 18.3. The molecule has 0 unspecified atom stereocenters. The monoisotopic (exact) mass is 396 g/mol. The topological polar surface area (TPSA) is 99.5 Å². The minimum atomic E-state index is -0.117. The first-order chi connectivity index (χ1) is 11.4. The van der Waals surface area contributed by atoms with Gasteiger partial charge >= 0.3 is 0 Å². The van der Waals surface area contributed by atoms with E-state index in [0.717, 1.165) is 0 Å². The van der Waals surface area contributed by atoms with Gasteiger partial charge in [0.15, 0.2) is 11.5 Å². The molecule has 0 aliphatic heterocycles. The van der Waals surface area contributed by atoms with Crippen molar-refractivity contribution in [3.05, 3.63) is 28.9 Å². The maximum absolute atomic E-state index is 9.83. The number of ether oxygens (including phenoxy) is 1. The Balaban J connectivity index is 2.20. The first-order valence-electron chi connectivity index (χ1n) is 7.48. The zero-order valence-electron chi connectivity index (χ0n) is 13.7. The van der Waals surface area contributed by atoms with Gasteiger partial charge in [0, 0.05) is 18.0 Å². The lowest BCUT2D eigenvalue weighted by Gasteiger charge is -2.21. The lowest BCUT2D eigenvalue weighted by atomic mass is 10.1. The van der Waals surface area contributed by atoms with Gasteiger partial charge in [0.2, 0.25) is 5.95 Å². The average Bonchev–Trinajstić information content (AvgIpc) is 2.55. The Morgan fingerprint density at radius 3 is 2.67 bits per heavy atom. The highest BCUT2D eigenvalue weighted by Gasteiger charge is 2.15. The Hall–Kier alpha value is -2.06. The number of benzene rings is 1. The summed E-state index contributed by atoms with van der Waals surface area (Å²) in [7, 11) is 1.49. The molecule has 24 heavy (non-hydrogen) atoms. The summed E-state index contributed by atoms with van der Waals surface area (Å²) in [4.78, 5) is 8.61. The van der Waals surface area contributed by atoms with E-state index in [2.05, 4.69) is 36.5 Å². The quantitative estimate of drug-likeness (QED) is 0.570. The molecule has 0 aliphatic rings. The Kier molecular flexibility index (Phi) is 6.22. The van der Waals surface area contributed by atoms with E-state index in [-0.39, 0.29) is 24.3 Å². The van der Waals surface area contributed by atoms with Crippen molar-refractivity contribution in [3.63, 3.8) is 0 Å². The molecule has 1 aromatic heterocycles. The first-order valence-corrected chi connectivity index (χ1v) is 8.27. The van der Waals surface area contributed by atoms with Crippen LogP contribution in [0.1, 0.15) is 13.8 Å². The highest BCUT2D eigenvalue weighted by Crippen LogP contribution is 2.30. The predicted octanol–water partition coefficient (Wildman–Crippen LogP) is 3.13. The van der Waals surface area contributed by atoms with Crippen molar-refractivity contribution in [1.29, 1.82) is 0 Å². The van der Waals surface area contributed by atoms with Crippen LogP contribution in [0.25, 0.3) is 0 Å². The number of methoxy groups -OCH3 is 1. The molecule has 0 saturated carbocycles. The lowest BCUT2D eigenvalue weighted by molar-refractivity contribution is 0.249. The molecule has 7 nitrogen and oxygen atoms in total. The van der Waals surface area contributed by atoms with E-state index in [1.54, 1.807) is 18.3 Å². The van der Waals surface area contributed by atoms with Crippen LogP contribution in [0.3, 0.4) is 0 Å². The molecule has 0 fully saturated rings. The van der Waals surface area contributed by atoms with Crippen molar-refractivity contribution in [1.82, 2.24) is 9.97 Å². The zero-order chi connectivity index (χ0) is 17.7. The SMILES string of the molecule is COc1ccc(Nc2ncc(Br)c(N[C@@H](CO)C(C)C)n2)cc1O. The molecule has 1 atom stereocenters. The molecular weight excluding hydrogens is 376 g/mol. The number of aromatic hydroxyl groups is 1. The van der Waals surface area contributed by atoms with Crippen LogP contribution >= 0.6 is 15.9 Å². The fourth-order valence-electron chi connectivity index (χ4n) is 2.02. The van der Waals surface area contributed by atoms with Gasteiger partial charge in [-0.25, -0.2) is 4.98 Å². The van der Waals surface area contributed by atoms with Crippen molar-refractivity contribution < 1.29 is 14.9 Å². The van der Waals surface area contributed by atoms with Crippen molar-refractivity contribution in [2.24, 2.45) is 5.92 Å². The third-order valence-electron chi connectivity index (χ3n) is 3.50. The Bertz CT molecular complexity index is 697. The zero-order valence-corrected chi connectivity index (χ0v) is 15.3. The standard InChI is InChI=1S/C16H21BrN4O3/c1-9(2)12(8-22)20-15-11(17)7-18-16(21-15)19-10-4-5-14(24-3)13(23)6-10/h4-7,9,12,22-23H,8H2,1-3H3,(H2,18,19,20,21)/t12-/m0/s1. The number of aromatic nitrogens is 2. The molecule has 1 aromatic carbocycles. The lowest BCUT2D eigenvalue weighted by Crippen LogP contribution is -2.30. The van der Waals surface area contributed by atoms with Gasteiger partial charge in [-0.15, -0.1) is 0 Å². The largest absolute Gasteiger partial charge is 0.504 e. The highest BCUT2D eigenvalue weighted by atomic mass is 79.9. The molecule has 1 heterocycles. The summed E-state index contributed by atoms with van der Waals surface area (Å²) in [6, 6.07) is 4.81. The smallest absolute Gasteiger partial charge is 0.229 e. The summed E-state index contributed by atoms with van der Waals surface area (Å²) in [5, 5.41) is 25.5. The van der Waals surface area contributed by atoms with E-state index < -0.39 is 0 Å². The van der Waals surface area contributed by atoms with E-state index >= 15 is 0 Å². The van der Waals surface area contributed by atoms with Gasteiger partial charge in [0.25, 0.3) is 0 Å². The molecule has 0 aliphatic carbocycles. The molecular formula is C16H21BrN4O3. The van der Waals surface area contributed by atoms with Crippen LogP contribution in [0.15, 0.2) is 28.9 Å². The van der Waals surface area contributed by atoms with E-state index in [9.17, 15) is 10.2 Å². The van der Waals surface area contributed by atoms with E-state index in [1.165, 1.54) is 13.2 Å². The minimum Gasteiger partial charge on any atom is -0.504 e. The average molecular weight is 397 g/mol. The number of rotatable bonds is 7. The maximum Gasteiger partial charge on any atom is 0.229 e. The van der Waals surface area contributed by atoms with Crippen LogP contribution < -0.4 is 15.4 Å². The Morgan fingerprint density at radius 2 is 2.08 bits per heavy atom. The summed E-state index contributed by atoms with van der Waals surface area (Å²) >= 11 is 3.40. The number of nitrogens with one attached hydrogen (secondary N) is 2. The molecule has 2 aromatic rings. The Morgan fingerprint density at radius 1 is 1.33 bits per heavy atom. The number of anilines is 3. The van der Waals surface area contributed by atoms with Gasteiger partial charge in [0.05, 0.1) is 24.2 Å². The molecule has 0 radical (unpaired) electrons. The van der Waals surface area contributed by atoms with E-state index in [4.69, 9.17) is 4.74 Å².